The third kappa shape index (κ3) is 6.12. The zero-order chi connectivity index (χ0) is 42.6. The van der Waals surface area contributed by atoms with Crippen LogP contribution in [0, 0.1) is 55.4 Å². The molecule has 2 aromatic heterocycles. The van der Waals surface area contributed by atoms with E-state index in [1.165, 1.54) is 49.9 Å². The quantitative estimate of drug-likeness (QED) is 0.168. The summed E-state index contributed by atoms with van der Waals surface area (Å²) in [5, 5.41) is 8.79. The highest BCUT2D eigenvalue weighted by atomic mass is 16.3. The topological polar surface area (TPSA) is 32.8 Å². The molecule has 302 valence electrons. The summed E-state index contributed by atoms with van der Waals surface area (Å²) in [6.07, 6.45) is 0. The van der Waals surface area contributed by atoms with E-state index in [9.17, 15) is 0 Å². The minimum atomic E-state index is 0.818. The fourth-order valence-electron chi connectivity index (χ4n) is 9.19. The van der Waals surface area contributed by atoms with Crippen LogP contribution < -0.4 is 9.80 Å². The molecular formula is C58H48N2O2. The van der Waals surface area contributed by atoms with E-state index in [4.69, 9.17) is 8.83 Å². The summed E-state index contributed by atoms with van der Waals surface area (Å²) in [5.74, 6) is 0. The third-order valence-corrected chi connectivity index (χ3v) is 13.5. The van der Waals surface area contributed by atoms with Crippen molar-refractivity contribution in [3.63, 3.8) is 0 Å². The van der Waals surface area contributed by atoms with Crippen LogP contribution in [0.15, 0.2) is 154 Å². The molecule has 62 heavy (non-hydrogen) atoms. The zero-order valence-electron chi connectivity index (χ0n) is 36.6. The van der Waals surface area contributed by atoms with Crippen LogP contribution in [0.1, 0.15) is 44.5 Å². The van der Waals surface area contributed by atoms with Crippen molar-refractivity contribution < 1.29 is 8.83 Å². The Morgan fingerprint density at radius 1 is 0.274 bits per heavy atom. The number of anilines is 6. The van der Waals surface area contributed by atoms with Crippen LogP contribution >= 0.6 is 0 Å². The van der Waals surface area contributed by atoms with Gasteiger partial charge in [0.25, 0.3) is 0 Å². The molecule has 0 aliphatic heterocycles. The fourth-order valence-corrected chi connectivity index (χ4v) is 9.19. The molecular weight excluding hydrogens is 757 g/mol. The molecule has 2 heterocycles. The second kappa shape index (κ2) is 14.1. The first kappa shape index (κ1) is 37.7. The van der Waals surface area contributed by atoms with Gasteiger partial charge in [0.05, 0.1) is 5.39 Å². The number of furan rings is 2. The first-order chi connectivity index (χ1) is 30.0. The van der Waals surface area contributed by atoms with Crippen LogP contribution in [0.2, 0.25) is 0 Å². The lowest BCUT2D eigenvalue weighted by molar-refractivity contribution is 0.663. The fraction of sp³-hybridized carbons (Fsp3) is 0.138. The Morgan fingerprint density at radius 2 is 0.661 bits per heavy atom. The van der Waals surface area contributed by atoms with Gasteiger partial charge in [-0.25, -0.2) is 0 Å². The molecule has 0 bridgehead atoms. The predicted molar refractivity (Wildman–Crippen MR) is 263 cm³/mol. The standard InChI is InChI=1S/C58H48N2O2/c1-33-9-15-45(23-37(33)5)59(46-16-10-34(2)38(6)24-46)49-19-13-41-29-52-51-21-22-54-57(58(51)62-55(52)31-43(41)27-49)53-30-42-14-20-50(28-44(42)32-56(53)61-54)60(47-17-11-35(3)39(7)25-47)48-18-12-36(4)40(8)26-48/h9-32H,1-8H3. The van der Waals surface area contributed by atoms with Crippen LogP contribution in [0.25, 0.3) is 65.4 Å². The minimum Gasteiger partial charge on any atom is -0.456 e. The van der Waals surface area contributed by atoms with E-state index in [1.54, 1.807) is 0 Å². The molecule has 9 aromatic carbocycles. The lowest BCUT2D eigenvalue weighted by Gasteiger charge is -2.27. The van der Waals surface area contributed by atoms with Crippen molar-refractivity contribution in [3.8, 4) is 0 Å². The van der Waals surface area contributed by atoms with Crippen molar-refractivity contribution in [3.05, 3.63) is 190 Å². The number of nitrogens with zero attached hydrogens (tertiary/aromatic N) is 2. The highest BCUT2D eigenvalue weighted by Crippen LogP contribution is 2.44. The van der Waals surface area contributed by atoms with Gasteiger partial charge >= 0.3 is 0 Å². The summed E-state index contributed by atoms with van der Waals surface area (Å²) >= 11 is 0. The maximum absolute atomic E-state index is 6.88. The molecule has 0 spiro atoms. The first-order valence-corrected chi connectivity index (χ1v) is 21.6. The maximum atomic E-state index is 6.88. The molecule has 0 aliphatic rings. The molecule has 0 N–H and O–H groups in total. The predicted octanol–water partition coefficient (Wildman–Crippen LogP) is 17.2. The van der Waals surface area contributed by atoms with Crippen molar-refractivity contribution in [2.45, 2.75) is 55.4 Å². The minimum absolute atomic E-state index is 0.818. The Morgan fingerprint density at radius 3 is 1.10 bits per heavy atom. The van der Waals surface area contributed by atoms with Gasteiger partial charge in [-0.3, -0.25) is 0 Å². The van der Waals surface area contributed by atoms with Gasteiger partial charge in [-0.15, -0.1) is 0 Å². The lowest BCUT2D eigenvalue weighted by atomic mass is 10.0. The van der Waals surface area contributed by atoms with Crippen LogP contribution in [0.5, 0.6) is 0 Å². The van der Waals surface area contributed by atoms with Gasteiger partial charge in [-0.2, -0.15) is 0 Å². The summed E-state index contributed by atoms with van der Waals surface area (Å²) in [7, 11) is 0. The van der Waals surface area contributed by atoms with E-state index in [0.29, 0.717) is 0 Å². The van der Waals surface area contributed by atoms with Gasteiger partial charge in [-0.1, -0.05) is 36.4 Å². The average Bonchev–Trinajstić information content (AvgIpc) is 3.81. The Balaban J connectivity index is 1.03. The molecule has 0 radical (unpaired) electrons. The SMILES string of the molecule is Cc1ccc(N(c2ccc(C)c(C)c2)c2ccc3cc4c(cc3c2)oc2c4ccc3oc4cc5cc(N(c6ccc(C)c(C)c6)c6ccc(C)c(C)c6)ccc5cc4c32)cc1C. The third-order valence-electron chi connectivity index (χ3n) is 13.5. The highest BCUT2D eigenvalue weighted by Gasteiger charge is 2.21. The summed E-state index contributed by atoms with van der Waals surface area (Å²) in [5.41, 5.74) is 20.3. The Kier molecular flexibility index (Phi) is 8.59. The van der Waals surface area contributed by atoms with Crippen LogP contribution in [-0.2, 0) is 0 Å². The first-order valence-electron chi connectivity index (χ1n) is 21.6. The Bertz CT molecular complexity index is 3540. The molecule has 4 heteroatoms. The van der Waals surface area contributed by atoms with Crippen LogP contribution in [0.3, 0.4) is 0 Å². The summed E-state index contributed by atoms with van der Waals surface area (Å²) in [6, 6.07) is 53.6. The van der Waals surface area contributed by atoms with E-state index in [0.717, 1.165) is 94.2 Å². The summed E-state index contributed by atoms with van der Waals surface area (Å²) in [6.45, 7) is 17.4. The Labute approximate surface area is 362 Å². The Hall–Kier alpha value is -7.30. The van der Waals surface area contributed by atoms with E-state index in [2.05, 4.69) is 211 Å². The largest absolute Gasteiger partial charge is 0.456 e. The molecule has 11 rings (SSSR count). The van der Waals surface area contributed by atoms with Crippen molar-refractivity contribution >= 4 is 99.5 Å². The number of benzene rings is 9. The smallest absolute Gasteiger partial charge is 0.147 e. The maximum Gasteiger partial charge on any atom is 0.147 e. The van der Waals surface area contributed by atoms with Gasteiger partial charge in [0, 0.05) is 50.3 Å². The van der Waals surface area contributed by atoms with E-state index >= 15 is 0 Å². The van der Waals surface area contributed by atoms with Gasteiger partial charge < -0.3 is 18.6 Å². The van der Waals surface area contributed by atoms with Gasteiger partial charge in [0.15, 0.2) is 0 Å². The number of hydrogen-bond donors (Lipinski definition) is 0. The van der Waals surface area contributed by atoms with Crippen LogP contribution in [-0.4, -0.2) is 0 Å². The molecule has 0 saturated heterocycles. The number of hydrogen-bond acceptors (Lipinski definition) is 4. The van der Waals surface area contributed by atoms with Crippen molar-refractivity contribution in [1.29, 1.82) is 0 Å². The van der Waals surface area contributed by atoms with Gasteiger partial charge in [0.1, 0.15) is 22.3 Å². The van der Waals surface area contributed by atoms with Gasteiger partial charge in [0.2, 0.25) is 0 Å². The zero-order valence-corrected chi connectivity index (χ0v) is 36.6. The second-order valence-electron chi connectivity index (χ2n) is 17.5. The molecule has 0 unspecified atom stereocenters. The molecule has 0 atom stereocenters. The lowest BCUT2D eigenvalue weighted by Crippen LogP contribution is -2.10. The normalized spacial score (nSPS) is 11.9. The van der Waals surface area contributed by atoms with E-state index in [-0.39, 0.29) is 0 Å². The molecule has 4 nitrogen and oxygen atoms in total. The number of fused-ring (bicyclic) bond motifs is 9. The van der Waals surface area contributed by atoms with Gasteiger partial charge in [-0.05, 0) is 231 Å². The molecule has 0 aliphatic carbocycles. The highest BCUT2D eigenvalue weighted by molar-refractivity contribution is 6.24. The van der Waals surface area contributed by atoms with Crippen molar-refractivity contribution in [2.75, 3.05) is 9.80 Å². The molecule has 0 fully saturated rings. The second-order valence-corrected chi connectivity index (χ2v) is 17.5. The molecule has 0 amide bonds. The van der Waals surface area contributed by atoms with Crippen molar-refractivity contribution in [2.24, 2.45) is 0 Å². The van der Waals surface area contributed by atoms with E-state index in [1.807, 2.05) is 0 Å². The number of aryl methyl sites for hydroxylation is 8. The average molecular weight is 805 g/mol. The monoisotopic (exact) mass is 804 g/mol. The number of rotatable bonds is 6. The molecule has 0 saturated carbocycles. The van der Waals surface area contributed by atoms with Crippen LogP contribution in [0.4, 0.5) is 34.1 Å². The van der Waals surface area contributed by atoms with E-state index < -0.39 is 0 Å². The summed E-state index contributed by atoms with van der Waals surface area (Å²) in [4.78, 5) is 4.72. The summed E-state index contributed by atoms with van der Waals surface area (Å²) < 4.78 is 13.5. The molecule has 11 aromatic rings. The van der Waals surface area contributed by atoms with Crippen molar-refractivity contribution in [1.82, 2.24) is 0 Å².